The zero-order valence-corrected chi connectivity index (χ0v) is 14.4. The largest absolute Gasteiger partial charge is 0.371 e. The van der Waals surface area contributed by atoms with Crippen LogP contribution in [0.25, 0.3) is 0 Å². The van der Waals surface area contributed by atoms with Gasteiger partial charge in [0.05, 0.1) is 0 Å². The van der Waals surface area contributed by atoms with Crippen molar-refractivity contribution in [3.8, 4) is 0 Å². The van der Waals surface area contributed by atoms with Crippen molar-refractivity contribution in [2.75, 3.05) is 18.0 Å². The first-order chi connectivity index (χ1) is 10.1. The molecule has 0 amide bonds. The van der Waals surface area contributed by atoms with E-state index in [9.17, 15) is 4.79 Å². The van der Waals surface area contributed by atoms with E-state index >= 15 is 0 Å². The Balaban J connectivity index is 1.76. The molecule has 2 fully saturated rings. The topological polar surface area (TPSA) is 20.3 Å². The molecule has 0 bridgehead atoms. The lowest BCUT2D eigenvalue weighted by Gasteiger charge is -2.45. The molecule has 1 aliphatic heterocycles. The fourth-order valence-corrected chi connectivity index (χ4v) is 4.45. The Hall–Kier alpha value is -0.830. The van der Waals surface area contributed by atoms with Crippen LogP contribution < -0.4 is 4.90 Å². The molecule has 0 unspecified atom stereocenters. The second-order valence-electron chi connectivity index (χ2n) is 6.77. The van der Waals surface area contributed by atoms with Crippen molar-refractivity contribution >= 4 is 27.4 Å². The summed E-state index contributed by atoms with van der Waals surface area (Å²) >= 11 is 3.48. The van der Waals surface area contributed by atoms with Crippen molar-refractivity contribution in [3.63, 3.8) is 0 Å². The summed E-state index contributed by atoms with van der Waals surface area (Å²) < 4.78 is 0.984. The van der Waals surface area contributed by atoms with Gasteiger partial charge in [0.15, 0.2) is 5.78 Å². The third-order valence-corrected chi connectivity index (χ3v) is 5.91. The van der Waals surface area contributed by atoms with Crippen molar-refractivity contribution < 1.29 is 4.79 Å². The molecule has 0 atom stereocenters. The van der Waals surface area contributed by atoms with E-state index in [4.69, 9.17) is 0 Å². The highest BCUT2D eigenvalue weighted by atomic mass is 79.9. The Kier molecular flexibility index (Phi) is 4.39. The van der Waals surface area contributed by atoms with Gasteiger partial charge in [-0.05, 0) is 56.2 Å². The summed E-state index contributed by atoms with van der Waals surface area (Å²) in [6.45, 7) is 3.86. The minimum atomic E-state index is 0.157. The summed E-state index contributed by atoms with van der Waals surface area (Å²) in [7, 11) is 0. The number of piperidine rings is 1. The number of carbonyl (C=O) groups is 1. The van der Waals surface area contributed by atoms with Crippen LogP contribution in [0.5, 0.6) is 0 Å². The minimum Gasteiger partial charge on any atom is -0.371 e. The van der Waals surface area contributed by atoms with Gasteiger partial charge in [0.1, 0.15) is 0 Å². The van der Waals surface area contributed by atoms with Crippen LogP contribution in [0.3, 0.4) is 0 Å². The lowest BCUT2D eigenvalue weighted by atomic mass is 9.68. The van der Waals surface area contributed by atoms with Gasteiger partial charge in [-0.1, -0.05) is 35.2 Å². The van der Waals surface area contributed by atoms with E-state index in [-0.39, 0.29) is 5.78 Å². The second-order valence-corrected chi connectivity index (χ2v) is 7.68. The van der Waals surface area contributed by atoms with Crippen LogP contribution >= 0.6 is 15.9 Å². The van der Waals surface area contributed by atoms with E-state index in [0.717, 1.165) is 28.8 Å². The van der Waals surface area contributed by atoms with Gasteiger partial charge >= 0.3 is 0 Å². The van der Waals surface area contributed by atoms with Crippen molar-refractivity contribution in [2.45, 2.75) is 51.9 Å². The molecule has 2 nitrogen and oxygen atoms in total. The number of rotatable bonds is 2. The van der Waals surface area contributed by atoms with Crippen LogP contribution in [0, 0.1) is 5.41 Å². The number of halogens is 1. The number of hydrogen-bond donors (Lipinski definition) is 0. The lowest BCUT2D eigenvalue weighted by molar-refractivity contribution is 0.101. The van der Waals surface area contributed by atoms with E-state index in [1.807, 2.05) is 12.1 Å². The predicted molar refractivity (Wildman–Crippen MR) is 91.1 cm³/mol. The third kappa shape index (κ3) is 3.18. The Labute approximate surface area is 136 Å². The third-order valence-electron chi connectivity index (χ3n) is 5.42. The summed E-state index contributed by atoms with van der Waals surface area (Å²) in [5.74, 6) is 0.157. The quantitative estimate of drug-likeness (QED) is 0.683. The maximum Gasteiger partial charge on any atom is 0.161 e. The first-order valence-electron chi connectivity index (χ1n) is 8.15. The molecular formula is C18H24BrNO. The van der Waals surface area contributed by atoms with Crippen LogP contribution in [-0.4, -0.2) is 18.9 Å². The molecule has 21 heavy (non-hydrogen) atoms. The van der Waals surface area contributed by atoms with E-state index in [1.165, 1.54) is 44.9 Å². The standard InChI is InChI=1S/C18H24BrNO/c1-14(21)16-13-15(19)5-6-17(16)20-11-9-18(10-12-20)7-3-2-4-8-18/h5-6,13H,2-4,7-12H2,1H3. The van der Waals surface area contributed by atoms with Crippen molar-refractivity contribution in [2.24, 2.45) is 5.41 Å². The van der Waals surface area contributed by atoms with E-state index in [0.29, 0.717) is 5.41 Å². The van der Waals surface area contributed by atoms with Crippen LogP contribution in [0.4, 0.5) is 5.69 Å². The minimum absolute atomic E-state index is 0.157. The van der Waals surface area contributed by atoms with Gasteiger partial charge < -0.3 is 4.90 Å². The molecule has 0 aromatic heterocycles. The van der Waals surface area contributed by atoms with Crippen molar-refractivity contribution in [1.82, 2.24) is 0 Å². The average Bonchev–Trinajstić information content (AvgIpc) is 2.49. The molecule has 2 aliphatic rings. The SMILES string of the molecule is CC(=O)c1cc(Br)ccc1N1CCC2(CCCCC2)CC1. The highest BCUT2D eigenvalue weighted by Crippen LogP contribution is 2.45. The molecule has 1 saturated carbocycles. The molecule has 0 radical (unpaired) electrons. The number of anilines is 1. The molecule has 1 aliphatic carbocycles. The first kappa shape index (κ1) is 15.1. The number of Topliss-reactive ketones (excluding diaryl/α,β-unsaturated/α-hetero) is 1. The van der Waals surface area contributed by atoms with Crippen molar-refractivity contribution in [3.05, 3.63) is 28.2 Å². The summed E-state index contributed by atoms with van der Waals surface area (Å²) in [6, 6.07) is 6.11. The summed E-state index contributed by atoms with van der Waals surface area (Å²) in [6.07, 6.45) is 9.67. The van der Waals surface area contributed by atoms with Crippen molar-refractivity contribution in [1.29, 1.82) is 0 Å². The maximum atomic E-state index is 11.9. The molecular weight excluding hydrogens is 326 g/mol. The molecule has 3 rings (SSSR count). The smallest absolute Gasteiger partial charge is 0.161 e. The van der Waals surface area contributed by atoms with Gasteiger partial charge in [-0.3, -0.25) is 4.79 Å². The number of hydrogen-bond acceptors (Lipinski definition) is 2. The molecule has 0 N–H and O–H groups in total. The zero-order chi connectivity index (χ0) is 14.9. The Bertz CT molecular complexity index is 524. The monoisotopic (exact) mass is 349 g/mol. The number of nitrogens with zero attached hydrogens (tertiary/aromatic N) is 1. The van der Waals surface area contributed by atoms with E-state index in [1.54, 1.807) is 6.92 Å². The van der Waals surface area contributed by atoms with E-state index < -0.39 is 0 Å². The lowest BCUT2D eigenvalue weighted by Crippen LogP contribution is -2.41. The number of carbonyl (C=O) groups excluding carboxylic acids is 1. The van der Waals surface area contributed by atoms with Crippen LogP contribution in [0.15, 0.2) is 22.7 Å². The summed E-state index contributed by atoms with van der Waals surface area (Å²) in [5, 5.41) is 0. The van der Waals surface area contributed by atoms with Gasteiger partial charge in [0, 0.05) is 28.8 Å². The van der Waals surface area contributed by atoms with Gasteiger partial charge in [-0.15, -0.1) is 0 Å². The molecule has 1 spiro atoms. The van der Waals surface area contributed by atoms with Crippen LogP contribution in [0.1, 0.15) is 62.2 Å². The molecule has 1 aromatic carbocycles. The first-order valence-corrected chi connectivity index (χ1v) is 8.94. The number of ketones is 1. The fourth-order valence-electron chi connectivity index (χ4n) is 4.09. The Morgan fingerprint density at radius 1 is 1.10 bits per heavy atom. The number of benzene rings is 1. The highest BCUT2D eigenvalue weighted by molar-refractivity contribution is 9.10. The average molecular weight is 350 g/mol. The molecule has 1 aromatic rings. The normalized spacial score (nSPS) is 21.5. The van der Waals surface area contributed by atoms with Crippen LogP contribution in [0.2, 0.25) is 0 Å². The van der Waals surface area contributed by atoms with Gasteiger partial charge in [-0.25, -0.2) is 0 Å². The fraction of sp³-hybridized carbons (Fsp3) is 0.611. The summed E-state index contributed by atoms with van der Waals surface area (Å²) in [5.41, 5.74) is 2.58. The predicted octanol–water partition coefficient (Wildman–Crippen LogP) is 5.20. The van der Waals surface area contributed by atoms with Gasteiger partial charge in [-0.2, -0.15) is 0 Å². The zero-order valence-electron chi connectivity index (χ0n) is 12.8. The Morgan fingerprint density at radius 3 is 2.38 bits per heavy atom. The molecule has 1 saturated heterocycles. The highest BCUT2D eigenvalue weighted by Gasteiger charge is 2.35. The van der Waals surface area contributed by atoms with Gasteiger partial charge in [0.2, 0.25) is 0 Å². The summed E-state index contributed by atoms with van der Waals surface area (Å²) in [4.78, 5) is 14.3. The maximum absolute atomic E-state index is 11.9. The van der Waals surface area contributed by atoms with Crippen LogP contribution in [-0.2, 0) is 0 Å². The molecule has 1 heterocycles. The van der Waals surface area contributed by atoms with Gasteiger partial charge in [0.25, 0.3) is 0 Å². The molecule has 114 valence electrons. The Morgan fingerprint density at radius 2 is 1.76 bits per heavy atom. The molecule has 3 heteroatoms. The van der Waals surface area contributed by atoms with E-state index in [2.05, 4.69) is 26.9 Å². The second kappa shape index (κ2) is 6.12.